The van der Waals surface area contributed by atoms with Crippen LogP contribution in [0.1, 0.15) is 17.0 Å². The maximum atomic E-state index is 9.40. The SMILES string of the molecule is N#CC1=C(N)Oc2cnccc2C1c1cccc(I)c1. The Kier molecular flexibility index (Phi) is 3.32. The Morgan fingerprint density at radius 2 is 2.20 bits per heavy atom. The second-order valence-corrected chi connectivity index (χ2v) is 5.64. The summed E-state index contributed by atoms with van der Waals surface area (Å²) in [5.41, 5.74) is 8.24. The van der Waals surface area contributed by atoms with Gasteiger partial charge in [0.1, 0.15) is 11.6 Å². The number of pyridine rings is 1. The predicted octanol–water partition coefficient (Wildman–Crippen LogP) is 2.90. The molecule has 0 amide bonds. The molecule has 98 valence electrons. The number of rotatable bonds is 1. The van der Waals surface area contributed by atoms with Gasteiger partial charge in [-0.05, 0) is 46.4 Å². The van der Waals surface area contributed by atoms with Crippen molar-refractivity contribution in [3.63, 3.8) is 0 Å². The van der Waals surface area contributed by atoms with Crippen LogP contribution in [0.4, 0.5) is 0 Å². The van der Waals surface area contributed by atoms with Gasteiger partial charge in [0.25, 0.3) is 0 Å². The fourth-order valence-electron chi connectivity index (χ4n) is 2.34. The van der Waals surface area contributed by atoms with Crippen molar-refractivity contribution in [2.24, 2.45) is 5.73 Å². The number of nitrogens with zero attached hydrogens (tertiary/aromatic N) is 2. The van der Waals surface area contributed by atoms with Crippen LogP contribution < -0.4 is 10.5 Å². The van der Waals surface area contributed by atoms with Crippen molar-refractivity contribution in [3.05, 3.63) is 68.9 Å². The molecule has 5 heteroatoms. The molecule has 2 aromatic rings. The van der Waals surface area contributed by atoms with Gasteiger partial charge in [0, 0.05) is 15.3 Å². The predicted molar refractivity (Wildman–Crippen MR) is 82.7 cm³/mol. The minimum Gasteiger partial charge on any atom is -0.439 e. The molecule has 4 nitrogen and oxygen atoms in total. The lowest BCUT2D eigenvalue weighted by Crippen LogP contribution is -2.21. The lowest BCUT2D eigenvalue weighted by Gasteiger charge is -2.26. The molecular formula is C15H10IN3O. The molecule has 1 unspecified atom stereocenters. The van der Waals surface area contributed by atoms with E-state index >= 15 is 0 Å². The summed E-state index contributed by atoms with van der Waals surface area (Å²) in [6.45, 7) is 0. The Labute approximate surface area is 130 Å². The van der Waals surface area contributed by atoms with Crippen LogP contribution in [-0.4, -0.2) is 4.98 Å². The maximum absolute atomic E-state index is 9.40. The summed E-state index contributed by atoms with van der Waals surface area (Å²) in [7, 11) is 0. The van der Waals surface area contributed by atoms with Crippen LogP contribution in [0.5, 0.6) is 5.75 Å². The van der Waals surface area contributed by atoms with Gasteiger partial charge >= 0.3 is 0 Å². The summed E-state index contributed by atoms with van der Waals surface area (Å²) in [5, 5.41) is 9.40. The number of fused-ring (bicyclic) bond motifs is 1. The Morgan fingerprint density at radius 3 is 2.95 bits per heavy atom. The van der Waals surface area contributed by atoms with Gasteiger partial charge in [-0.1, -0.05) is 12.1 Å². The fraction of sp³-hybridized carbons (Fsp3) is 0.0667. The van der Waals surface area contributed by atoms with Crippen LogP contribution in [0.25, 0.3) is 0 Å². The van der Waals surface area contributed by atoms with E-state index in [-0.39, 0.29) is 11.8 Å². The van der Waals surface area contributed by atoms with Crippen LogP contribution in [0.15, 0.2) is 54.2 Å². The summed E-state index contributed by atoms with van der Waals surface area (Å²) in [4.78, 5) is 4.04. The third-order valence-electron chi connectivity index (χ3n) is 3.20. The highest BCUT2D eigenvalue weighted by atomic mass is 127. The zero-order chi connectivity index (χ0) is 14.1. The number of hydrogen-bond acceptors (Lipinski definition) is 4. The van der Waals surface area contributed by atoms with Crippen molar-refractivity contribution in [2.45, 2.75) is 5.92 Å². The molecule has 1 aliphatic heterocycles. The number of ether oxygens (including phenoxy) is 1. The average molecular weight is 375 g/mol. The summed E-state index contributed by atoms with van der Waals surface area (Å²) < 4.78 is 6.60. The molecule has 0 fully saturated rings. The molecule has 1 atom stereocenters. The standard InChI is InChI=1S/C15H10IN3O/c16-10-3-1-2-9(6-10)14-11-4-5-19-8-13(11)20-15(18)12(14)7-17/h1-6,8,14H,18H2. The van der Waals surface area contributed by atoms with E-state index in [4.69, 9.17) is 10.5 Å². The first kappa shape index (κ1) is 12.9. The van der Waals surface area contributed by atoms with E-state index < -0.39 is 0 Å². The summed E-state index contributed by atoms with van der Waals surface area (Å²) in [6, 6.07) is 12.1. The first-order chi connectivity index (χ1) is 9.70. The van der Waals surface area contributed by atoms with Crippen LogP contribution >= 0.6 is 22.6 Å². The molecule has 20 heavy (non-hydrogen) atoms. The van der Waals surface area contributed by atoms with E-state index in [1.165, 1.54) is 0 Å². The number of aromatic nitrogens is 1. The minimum absolute atomic E-state index is 0.150. The van der Waals surface area contributed by atoms with Crippen LogP contribution in [0, 0.1) is 14.9 Å². The molecule has 2 heterocycles. The van der Waals surface area contributed by atoms with Gasteiger partial charge in [0.2, 0.25) is 5.88 Å². The molecule has 1 aliphatic rings. The van der Waals surface area contributed by atoms with Gasteiger partial charge in [0.05, 0.1) is 12.1 Å². The smallest absolute Gasteiger partial charge is 0.205 e. The first-order valence-electron chi connectivity index (χ1n) is 5.97. The third-order valence-corrected chi connectivity index (χ3v) is 3.87. The van der Waals surface area contributed by atoms with Gasteiger partial charge in [-0.25, -0.2) is 0 Å². The molecule has 0 radical (unpaired) electrons. The fourth-order valence-corrected chi connectivity index (χ4v) is 2.90. The highest BCUT2D eigenvalue weighted by Gasteiger charge is 2.30. The molecule has 0 bridgehead atoms. The number of benzene rings is 1. The van der Waals surface area contributed by atoms with Gasteiger partial charge in [-0.15, -0.1) is 0 Å². The van der Waals surface area contributed by atoms with Gasteiger partial charge in [-0.2, -0.15) is 5.26 Å². The van der Waals surface area contributed by atoms with E-state index in [0.717, 1.165) is 14.7 Å². The Balaban J connectivity index is 2.23. The molecule has 1 aromatic heterocycles. The van der Waals surface area contributed by atoms with Crippen molar-refractivity contribution >= 4 is 22.6 Å². The van der Waals surface area contributed by atoms with E-state index in [0.29, 0.717) is 11.3 Å². The van der Waals surface area contributed by atoms with E-state index in [1.54, 1.807) is 12.4 Å². The van der Waals surface area contributed by atoms with Gasteiger partial charge in [0.15, 0.2) is 5.75 Å². The van der Waals surface area contributed by atoms with Gasteiger partial charge in [-0.3, -0.25) is 4.98 Å². The number of allylic oxidation sites excluding steroid dienone is 1. The Morgan fingerprint density at radius 1 is 1.35 bits per heavy atom. The minimum atomic E-state index is -0.207. The average Bonchev–Trinajstić information content (AvgIpc) is 2.45. The van der Waals surface area contributed by atoms with Crippen molar-refractivity contribution in [2.75, 3.05) is 0 Å². The normalized spacial score (nSPS) is 17.1. The number of nitriles is 1. The lowest BCUT2D eigenvalue weighted by atomic mass is 9.84. The molecular weight excluding hydrogens is 365 g/mol. The largest absolute Gasteiger partial charge is 0.439 e. The molecule has 0 spiro atoms. The van der Waals surface area contributed by atoms with E-state index in [1.807, 2.05) is 30.3 Å². The second-order valence-electron chi connectivity index (χ2n) is 4.39. The molecule has 2 N–H and O–H groups in total. The Bertz CT molecular complexity index is 749. The molecule has 0 aliphatic carbocycles. The first-order valence-corrected chi connectivity index (χ1v) is 7.05. The van der Waals surface area contributed by atoms with E-state index in [2.05, 4.69) is 33.6 Å². The van der Waals surface area contributed by atoms with Crippen LogP contribution in [0.2, 0.25) is 0 Å². The quantitative estimate of drug-likeness (QED) is 0.779. The van der Waals surface area contributed by atoms with Crippen molar-refractivity contribution in [1.82, 2.24) is 4.98 Å². The van der Waals surface area contributed by atoms with E-state index in [9.17, 15) is 5.26 Å². The summed E-state index contributed by atoms with van der Waals surface area (Å²) >= 11 is 2.25. The van der Waals surface area contributed by atoms with Crippen molar-refractivity contribution in [1.29, 1.82) is 5.26 Å². The molecule has 3 rings (SSSR count). The number of nitrogens with two attached hydrogens (primary N) is 1. The van der Waals surface area contributed by atoms with Crippen molar-refractivity contribution in [3.8, 4) is 11.8 Å². The molecule has 0 saturated heterocycles. The van der Waals surface area contributed by atoms with Gasteiger partial charge < -0.3 is 10.5 Å². The van der Waals surface area contributed by atoms with Crippen LogP contribution in [-0.2, 0) is 0 Å². The topological polar surface area (TPSA) is 71.9 Å². The summed E-state index contributed by atoms with van der Waals surface area (Å²) in [6.07, 6.45) is 3.32. The van der Waals surface area contributed by atoms with Crippen LogP contribution in [0.3, 0.4) is 0 Å². The highest BCUT2D eigenvalue weighted by Crippen LogP contribution is 2.41. The zero-order valence-corrected chi connectivity index (χ0v) is 12.5. The zero-order valence-electron chi connectivity index (χ0n) is 10.4. The third kappa shape index (κ3) is 2.12. The lowest BCUT2D eigenvalue weighted by molar-refractivity contribution is 0.392. The monoisotopic (exact) mass is 375 g/mol. The van der Waals surface area contributed by atoms with Crippen molar-refractivity contribution < 1.29 is 4.74 Å². The Hall–Kier alpha value is -2.07. The highest BCUT2D eigenvalue weighted by molar-refractivity contribution is 14.1. The molecule has 0 saturated carbocycles. The maximum Gasteiger partial charge on any atom is 0.205 e. The number of halogens is 1. The summed E-state index contributed by atoms with van der Waals surface area (Å²) in [5.74, 6) is 0.547. The second kappa shape index (κ2) is 5.13. The number of hydrogen-bond donors (Lipinski definition) is 1. The molecule has 1 aromatic carbocycles.